The second kappa shape index (κ2) is 9.43. The van der Waals surface area contributed by atoms with E-state index in [0.717, 1.165) is 22.3 Å². The molecule has 0 fully saturated rings. The van der Waals surface area contributed by atoms with Crippen LogP contribution in [0.4, 0.5) is 0 Å². The fraction of sp³-hybridized carbons (Fsp3) is 0.0968. The molecular formula is C31H24O4. The van der Waals surface area contributed by atoms with E-state index in [1.54, 1.807) is 13.0 Å². The summed E-state index contributed by atoms with van der Waals surface area (Å²) in [5.41, 5.74) is 4.30. The molecule has 35 heavy (non-hydrogen) atoms. The first-order valence-electron chi connectivity index (χ1n) is 11.6. The minimum Gasteiger partial charge on any atom is -0.463 e. The standard InChI is InChI=1S/C31H24O4/c1-2-34-29(32)21-27-26-20-25(18-19-28(26)35-30(27)33)31(22-12-6-3-7-13-22,23-14-8-4-9-15-23)24-16-10-5-11-17-24/h3-21H,2H2,1H3/b27-21+. The molecule has 4 aromatic rings. The summed E-state index contributed by atoms with van der Waals surface area (Å²) in [6.45, 7) is 1.95. The summed E-state index contributed by atoms with van der Waals surface area (Å²) >= 11 is 0. The molecule has 1 aliphatic rings. The summed E-state index contributed by atoms with van der Waals surface area (Å²) in [7, 11) is 0. The molecule has 0 aromatic heterocycles. The lowest BCUT2D eigenvalue weighted by Crippen LogP contribution is -2.31. The molecule has 0 saturated carbocycles. The zero-order valence-electron chi connectivity index (χ0n) is 19.3. The van der Waals surface area contributed by atoms with Crippen LogP contribution in [-0.4, -0.2) is 18.5 Å². The van der Waals surface area contributed by atoms with E-state index in [9.17, 15) is 9.59 Å². The van der Waals surface area contributed by atoms with Gasteiger partial charge >= 0.3 is 11.9 Å². The molecule has 4 heteroatoms. The van der Waals surface area contributed by atoms with Crippen LogP contribution in [0.25, 0.3) is 5.57 Å². The molecule has 0 saturated heterocycles. The monoisotopic (exact) mass is 460 g/mol. The number of rotatable bonds is 6. The van der Waals surface area contributed by atoms with Crippen LogP contribution in [0.15, 0.2) is 115 Å². The van der Waals surface area contributed by atoms with Gasteiger partial charge in [0.25, 0.3) is 0 Å². The first-order valence-corrected chi connectivity index (χ1v) is 11.6. The predicted molar refractivity (Wildman–Crippen MR) is 135 cm³/mol. The number of fused-ring (bicyclic) bond motifs is 1. The molecule has 0 unspecified atom stereocenters. The number of hydrogen-bond donors (Lipinski definition) is 0. The molecule has 1 aliphatic heterocycles. The van der Waals surface area contributed by atoms with Gasteiger partial charge in [0, 0.05) is 11.6 Å². The molecule has 0 aliphatic carbocycles. The van der Waals surface area contributed by atoms with Crippen molar-refractivity contribution in [3.05, 3.63) is 143 Å². The highest BCUT2D eigenvalue weighted by Crippen LogP contribution is 2.47. The number of hydrogen-bond acceptors (Lipinski definition) is 4. The van der Waals surface area contributed by atoms with Crippen LogP contribution in [0, 0.1) is 0 Å². The first-order chi connectivity index (χ1) is 17.1. The van der Waals surface area contributed by atoms with Crippen molar-refractivity contribution in [3.63, 3.8) is 0 Å². The SMILES string of the molecule is CCOC(=O)/C=C1/C(=O)Oc2ccc(C(c3ccccc3)(c3ccccc3)c3ccccc3)cc21. The lowest BCUT2D eigenvalue weighted by molar-refractivity contribution is -0.137. The summed E-state index contributed by atoms with van der Waals surface area (Å²) in [5.74, 6) is -0.703. The molecule has 0 spiro atoms. The second-order valence-corrected chi connectivity index (χ2v) is 8.26. The van der Waals surface area contributed by atoms with E-state index >= 15 is 0 Å². The Morgan fingerprint density at radius 3 is 1.77 bits per heavy atom. The van der Waals surface area contributed by atoms with Gasteiger partial charge in [-0.25, -0.2) is 9.59 Å². The fourth-order valence-corrected chi connectivity index (χ4v) is 4.83. The molecule has 0 bridgehead atoms. The molecule has 5 rings (SSSR count). The highest BCUT2D eigenvalue weighted by molar-refractivity contribution is 6.24. The molecule has 0 amide bonds. The van der Waals surface area contributed by atoms with Gasteiger partial charge in [0.15, 0.2) is 0 Å². The van der Waals surface area contributed by atoms with Crippen molar-refractivity contribution >= 4 is 17.5 Å². The van der Waals surface area contributed by atoms with E-state index in [-0.39, 0.29) is 12.2 Å². The predicted octanol–water partition coefficient (Wildman–Crippen LogP) is 5.93. The number of esters is 2. The van der Waals surface area contributed by atoms with Crippen molar-refractivity contribution < 1.29 is 19.1 Å². The van der Waals surface area contributed by atoms with Gasteiger partial charge in [0.05, 0.1) is 17.6 Å². The van der Waals surface area contributed by atoms with Gasteiger partial charge in [-0.15, -0.1) is 0 Å². The lowest BCUT2D eigenvalue weighted by atomic mass is 9.65. The molecule has 0 atom stereocenters. The van der Waals surface area contributed by atoms with Gasteiger partial charge in [0.1, 0.15) is 5.75 Å². The van der Waals surface area contributed by atoms with Crippen molar-refractivity contribution in [1.29, 1.82) is 0 Å². The zero-order chi connectivity index (χ0) is 24.3. The normalized spacial score (nSPS) is 13.9. The summed E-state index contributed by atoms with van der Waals surface area (Å²) in [5, 5.41) is 0. The van der Waals surface area contributed by atoms with Crippen molar-refractivity contribution in [1.82, 2.24) is 0 Å². The maximum absolute atomic E-state index is 12.6. The molecule has 4 nitrogen and oxygen atoms in total. The van der Waals surface area contributed by atoms with Gasteiger partial charge in [-0.05, 0) is 41.3 Å². The Morgan fingerprint density at radius 2 is 1.29 bits per heavy atom. The van der Waals surface area contributed by atoms with Crippen LogP contribution < -0.4 is 4.74 Å². The second-order valence-electron chi connectivity index (χ2n) is 8.26. The lowest BCUT2D eigenvalue weighted by Gasteiger charge is -2.37. The number of ether oxygens (including phenoxy) is 2. The van der Waals surface area contributed by atoms with Gasteiger partial charge in [0.2, 0.25) is 0 Å². The number of benzene rings is 4. The van der Waals surface area contributed by atoms with Gasteiger partial charge < -0.3 is 9.47 Å². The van der Waals surface area contributed by atoms with E-state index in [2.05, 4.69) is 36.4 Å². The molecule has 1 heterocycles. The maximum Gasteiger partial charge on any atom is 0.344 e. The van der Waals surface area contributed by atoms with E-state index < -0.39 is 17.4 Å². The minimum absolute atomic E-state index is 0.198. The van der Waals surface area contributed by atoms with E-state index in [1.165, 1.54) is 6.08 Å². The zero-order valence-corrected chi connectivity index (χ0v) is 19.3. The van der Waals surface area contributed by atoms with E-state index in [1.807, 2.05) is 66.7 Å². The van der Waals surface area contributed by atoms with Crippen LogP contribution in [0.1, 0.15) is 34.7 Å². The average Bonchev–Trinajstić information content (AvgIpc) is 3.21. The third-order valence-electron chi connectivity index (χ3n) is 6.29. The summed E-state index contributed by atoms with van der Waals surface area (Å²) in [6.07, 6.45) is 1.22. The Hall–Kier alpha value is -4.44. The Labute approximate surface area is 204 Å². The Kier molecular flexibility index (Phi) is 6.02. The molecule has 0 radical (unpaired) electrons. The van der Waals surface area contributed by atoms with Crippen LogP contribution in [0.2, 0.25) is 0 Å². The Bertz CT molecular complexity index is 1290. The third kappa shape index (κ3) is 3.93. The van der Waals surface area contributed by atoms with Crippen LogP contribution in [-0.2, 0) is 19.7 Å². The van der Waals surface area contributed by atoms with Gasteiger partial charge in [-0.3, -0.25) is 0 Å². The largest absolute Gasteiger partial charge is 0.463 e. The molecule has 0 N–H and O–H groups in total. The number of carbonyl (C=O) groups is 2. The minimum atomic E-state index is -0.667. The van der Waals surface area contributed by atoms with Crippen molar-refractivity contribution in [2.24, 2.45) is 0 Å². The molecule has 172 valence electrons. The fourth-order valence-electron chi connectivity index (χ4n) is 4.83. The van der Waals surface area contributed by atoms with Gasteiger partial charge in [-0.1, -0.05) is 97.1 Å². The first kappa shape index (κ1) is 22.4. The summed E-state index contributed by atoms with van der Waals surface area (Å²) in [4.78, 5) is 24.8. The summed E-state index contributed by atoms with van der Waals surface area (Å²) < 4.78 is 10.5. The molecule has 4 aromatic carbocycles. The van der Waals surface area contributed by atoms with E-state index in [0.29, 0.717) is 11.3 Å². The molecular weight excluding hydrogens is 436 g/mol. The van der Waals surface area contributed by atoms with Crippen LogP contribution in [0.5, 0.6) is 5.75 Å². The Morgan fingerprint density at radius 1 is 0.771 bits per heavy atom. The number of carbonyl (C=O) groups excluding carboxylic acids is 2. The van der Waals surface area contributed by atoms with Crippen molar-refractivity contribution in [2.75, 3.05) is 6.61 Å². The van der Waals surface area contributed by atoms with Crippen molar-refractivity contribution in [3.8, 4) is 5.75 Å². The highest BCUT2D eigenvalue weighted by Gasteiger charge is 2.40. The van der Waals surface area contributed by atoms with Crippen LogP contribution in [0.3, 0.4) is 0 Å². The van der Waals surface area contributed by atoms with E-state index in [4.69, 9.17) is 9.47 Å². The van der Waals surface area contributed by atoms with Crippen LogP contribution >= 0.6 is 0 Å². The topological polar surface area (TPSA) is 52.6 Å². The highest BCUT2D eigenvalue weighted by atomic mass is 16.5. The summed E-state index contributed by atoms with van der Waals surface area (Å²) in [6, 6.07) is 36.6. The smallest absolute Gasteiger partial charge is 0.344 e. The average molecular weight is 461 g/mol. The van der Waals surface area contributed by atoms with Gasteiger partial charge in [-0.2, -0.15) is 0 Å². The quantitative estimate of drug-likeness (QED) is 0.155. The third-order valence-corrected chi connectivity index (χ3v) is 6.29. The Balaban J connectivity index is 1.81. The van der Waals surface area contributed by atoms with Crippen molar-refractivity contribution in [2.45, 2.75) is 12.3 Å². The maximum atomic E-state index is 12.6.